The van der Waals surface area contributed by atoms with Crippen LogP contribution in [0.1, 0.15) is 65.1 Å². The molecule has 0 bridgehead atoms. The van der Waals surface area contributed by atoms with E-state index < -0.39 is 6.23 Å². The molecule has 0 radical (unpaired) electrons. The molecule has 0 saturated heterocycles. The molecule has 1 aliphatic heterocycles. The first-order valence-corrected chi connectivity index (χ1v) is 18.0. The zero-order chi connectivity index (χ0) is 34.6. The van der Waals surface area contributed by atoms with Gasteiger partial charge in [-0.25, -0.2) is 4.99 Å². The highest BCUT2D eigenvalue weighted by Crippen LogP contribution is 2.38. The largest absolute Gasteiger partial charge is 0.458 e. The summed E-state index contributed by atoms with van der Waals surface area (Å²) in [6.07, 6.45) is 24.4. The summed E-state index contributed by atoms with van der Waals surface area (Å²) < 4.78 is 5.83. The molecule has 1 heterocycles. The van der Waals surface area contributed by atoms with Crippen molar-refractivity contribution in [1.82, 2.24) is 5.32 Å². The number of fused-ring (bicyclic) bond motifs is 1. The van der Waals surface area contributed by atoms with Gasteiger partial charge >= 0.3 is 0 Å². The number of benzene rings is 4. The smallest absolute Gasteiger partial charge is 0.214 e. The summed E-state index contributed by atoms with van der Waals surface area (Å²) in [5, 5.41) is 12.0. The number of ether oxygens (including phenoxy) is 1. The van der Waals surface area contributed by atoms with Crippen molar-refractivity contribution >= 4 is 29.1 Å². The first-order valence-electron chi connectivity index (χ1n) is 18.0. The lowest BCUT2D eigenvalue weighted by Crippen LogP contribution is -2.34. The van der Waals surface area contributed by atoms with Crippen molar-refractivity contribution in [3.63, 3.8) is 0 Å². The summed E-state index contributed by atoms with van der Waals surface area (Å²) in [5.41, 5.74) is 19.2. The minimum atomic E-state index is -0.589. The highest BCUT2D eigenvalue weighted by Gasteiger charge is 2.24. The third-order valence-electron chi connectivity index (χ3n) is 10.1. The number of rotatable bonds is 8. The maximum atomic E-state index is 8.33. The van der Waals surface area contributed by atoms with Gasteiger partial charge in [-0.15, -0.1) is 0 Å². The van der Waals surface area contributed by atoms with Gasteiger partial charge in [-0.2, -0.15) is 0 Å². The fourth-order valence-corrected chi connectivity index (χ4v) is 7.33. The Bertz CT molecular complexity index is 2150. The standard InChI is InChI=1S/C46H42N4O/c47-44(35-14-6-2-7-15-35)51-45(48)36-26-22-32(23-27-36)39-29-28-38(40-18-10-11-19-41(39)40)31-20-24-34(25-21-31)43-30-42(33-12-4-1-5-13-33)49-46(50-43)37-16-8-3-9-17-37/h1-2,4-8,11-17,19-26,28-30,36,42,45,47H,3,9-10,18,27,48H2,(H,49,50). The Hall–Kier alpha value is -5.78. The van der Waals surface area contributed by atoms with Crippen LogP contribution < -0.4 is 11.1 Å². The Labute approximate surface area is 300 Å². The molecule has 3 atom stereocenters. The van der Waals surface area contributed by atoms with Crippen molar-refractivity contribution in [2.24, 2.45) is 16.6 Å². The van der Waals surface area contributed by atoms with Crippen LogP contribution in [-0.2, 0) is 11.2 Å². The van der Waals surface area contributed by atoms with Crippen molar-refractivity contribution in [3.8, 4) is 11.1 Å². The lowest BCUT2D eigenvalue weighted by molar-refractivity contribution is 0.150. The van der Waals surface area contributed by atoms with E-state index in [1.165, 1.54) is 39.0 Å². The average molecular weight is 667 g/mol. The van der Waals surface area contributed by atoms with E-state index in [4.69, 9.17) is 20.9 Å². The summed E-state index contributed by atoms with van der Waals surface area (Å²) >= 11 is 0. The topological polar surface area (TPSA) is 83.5 Å². The number of nitrogens with one attached hydrogen (secondary N) is 2. The Morgan fingerprint density at radius 1 is 0.765 bits per heavy atom. The fourth-order valence-electron chi connectivity index (χ4n) is 7.33. The van der Waals surface area contributed by atoms with Crippen LogP contribution in [0.15, 0.2) is 156 Å². The van der Waals surface area contributed by atoms with E-state index in [0.29, 0.717) is 0 Å². The second-order valence-electron chi connectivity index (χ2n) is 13.5. The van der Waals surface area contributed by atoms with Crippen molar-refractivity contribution in [1.29, 1.82) is 5.41 Å². The quantitative estimate of drug-likeness (QED) is 0.0995. The van der Waals surface area contributed by atoms with Crippen LogP contribution in [0.25, 0.3) is 28.5 Å². The fraction of sp³-hybridized carbons (Fsp3) is 0.174. The van der Waals surface area contributed by atoms with Crippen LogP contribution in [0, 0.1) is 11.3 Å². The number of nitrogens with two attached hydrogens (primary N) is 1. The first kappa shape index (κ1) is 32.4. The molecule has 4 aromatic carbocycles. The normalized spacial score (nSPS) is 19.9. The molecule has 0 spiro atoms. The average Bonchev–Trinajstić information content (AvgIpc) is 3.21. The maximum absolute atomic E-state index is 8.33. The molecule has 5 nitrogen and oxygen atoms in total. The second kappa shape index (κ2) is 14.6. The molecule has 252 valence electrons. The third kappa shape index (κ3) is 6.99. The highest BCUT2D eigenvalue weighted by molar-refractivity contribution is 6.05. The summed E-state index contributed by atoms with van der Waals surface area (Å²) in [7, 11) is 0. The molecule has 0 amide bonds. The minimum absolute atomic E-state index is 0.00345. The van der Waals surface area contributed by atoms with Gasteiger partial charge in [0.1, 0.15) is 5.84 Å². The first-order chi connectivity index (χ1) is 25.1. The second-order valence-corrected chi connectivity index (χ2v) is 13.5. The van der Waals surface area contributed by atoms with Crippen LogP contribution in [0.3, 0.4) is 0 Å². The predicted octanol–water partition coefficient (Wildman–Crippen LogP) is 9.96. The molecule has 51 heavy (non-hydrogen) atoms. The molecule has 4 aromatic rings. The van der Waals surface area contributed by atoms with E-state index in [2.05, 4.69) is 127 Å². The Morgan fingerprint density at radius 3 is 2.25 bits per heavy atom. The summed E-state index contributed by atoms with van der Waals surface area (Å²) in [6, 6.07) is 33.6. The van der Waals surface area contributed by atoms with Gasteiger partial charge in [0.05, 0.1) is 11.7 Å². The van der Waals surface area contributed by atoms with E-state index in [1.807, 2.05) is 30.3 Å². The molecule has 0 aromatic heterocycles. The van der Waals surface area contributed by atoms with Gasteiger partial charge in [0.2, 0.25) is 5.90 Å². The number of hydrogen-bond acceptors (Lipinski definition) is 5. The molecular weight excluding hydrogens is 625 g/mol. The van der Waals surface area contributed by atoms with E-state index >= 15 is 0 Å². The Balaban J connectivity index is 1.03. The number of aliphatic imine (C=N–C) groups is 1. The van der Waals surface area contributed by atoms with Crippen molar-refractivity contribution in [2.45, 2.75) is 44.4 Å². The van der Waals surface area contributed by atoms with E-state index in [9.17, 15) is 0 Å². The van der Waals surface area contributed by atoms with Gasteiger partial charge in [0, 0.05) is 17.1 Å². The molecule has 3 aliphatic carbocycles. The minimum Gasteiger partial charge on any atom is -0.458 e. The Kier molecular flexibility index (Phi) is 9.28. The maximum Gasteiger partial charge on any atom is 0.214 e. The number of amidine groups is 1. The zero-order valence-electron chi connectivity index (χ0n) is 28.6. The monoisotopic (exact) mass is 666 g/mol. The Morgan fingerprint density at radius 2 is 1.51 bits per heavy atom. The van der Waals surface area contributed by atoms with Crippen LogP contribution in [0.4, 0.5) is 0 Å². The van der Waals surface area contributed by atoms with Gasteiger partial charge in [-0.05, 0) is 94.8 Å². The van der Waals surface area contributed by atoms with Gasteiger partial charge < -0.3 is 10.1 Å². The highest BCUT2D eigenvalue weighted by atomic mass is 16.5. The van der Waals surface area contributed by atoms with Crippen LogP contribution in [0.5, 0.6) is 0 Å². The van der Waals surface area contributed by atoms with Crippen LogP contribution >= 0.6 is 0 Å². The number of allylic oxidation sites excluding steroid dienone is 6. The molecule has 8 rings (SSSR count). The molecular formula is C46H42N4O. The van der Waals surface area contributed by atoms with Crippen molar-refractivity contribution in [3.05, 3.63) is 185 Å². The van der Waals surface area contributed by atoms with Gasteiger partial charge in [0.15, 0.2) is 6.23 Å². The van der Waals surface area contributed by atoms with Gasteiger partial charge in [0.25, 0.3) is 0 Å². The van der Waals surface area contributed by atoms with Gasteiger partial charge in [-0.3, -0.25) is 11.1 Å². The molecule has 4 aliphatic rings. The van der Waals surface area contributed by atoms with Gasteiger partial charge in [-0.1, -0.05) is 134 Å². The van der Waals surface area contributed by atoms with Crippen molar-refractivity contribution < 1.29 is 4.74 Å². The third-order valence-corrected chi connectivity index (χ3v) is 10.1. The molecule has 0 saturated carbocycles. The summed E-state index contributed by atoms with van der Waals surface area (Å²) in [4.78, 5) is 5.13. The predicted molar refractivity (Wildman–Crippen MR) is 211 cm³/mol. The lowest BCUT2D eigenvalue weighted by Gasteiger charge is -2.26. The molecule has 5 heteroatoms. The lowest BCUT2D eigenvalue weighted by atomic mass is 9.82. The van der Waals surface area contributed by atoms with E-state index in [1.54, 1.807) is 0 Å². The SMILES string of the molecule is N=C(OC(N)C1C=CC(c2ccc(-c3ccc(C4=CC(c5ccccc5)NC(C5=CCCC=C5)=N4)cc3)c3c2C=CCC3)=CC1)c1ccccc1. The van der Waals surface area contributed by atoms with E-state index in [0.717, 1.165) is 60.3 Å². The molecule has 4 N–H and O–H groups in total. The zero-order valence-corrected chi connectivity index (χ0v) is 28.6. The van der Waals surface area contributed by atoms with Crippen LogP contribution in [0.2, 0.25) is 0 Å². The van der Waals surface area contributed by atoms with Crippen LogP contribution in [-0.4, -0.2) is 18.0 Å². The molecule has 0 fully saturated rings. The summed E-state index contributed by atoms with van der Waals surface area (Å²) in [6.45, 7) is 0. The number of nitrogens with zero attached hydrogens (tertiary/aromatic N) is 1. The number of hydrogen-bond donors (Lipinski definition) is 3. The summed E-state index contributed by atoms with van der Waals surface area (Å²) in [5.74, 6) is 1.03. The van der Waals surface area contributed by atoms with Crippen molar-refractivity contribution in [2.75, 3.05) is 0 Å². The van der Waals surface area contributed by atoms with E-state index in [-0.39, 0.29) is 17.9 Å². The molecule has 3 unspecified atom stereocenters.